The lowest BCUT2D eigenvalue weighted by Gasteiger charge is -2.13. The van der Waals surface area contributed by atoms with Gasteiger partial charge in [0.1, 0.15) is 23.7 Å². The molecule has 0 radical (unpaired) electrons. The Labute approximate surface area is 159 Å². The topological polar surface area (TPSA) is 50.2 Å². The summed E-state index contributed by atoms with van der Waals surface area (Å²) in [6, 6.07) is 16.4. The van der Waals surface area contributed by atoms with Gasteiger partial charge < -0.3 is 9.88 Å². The summed E-state index contributed by atoms with van der Waals surface area (Å²) in [6.45, 7) is 1.48. The Bertz CT molecular complexity index is 1120. The fraction of sp³-hybridized carbons (Fsp3) is 0.143. The molecule has 2 aromatic heterocycles. The van der Waals surface area contributed by atoms with E-state index in [9.17, 15) is 9.18 Å². The molecule has 1 atom stereocenters. The van der Waals surface area contributed by atoms with Gasteiger partial charge in [-0.15, -0.1) is 11.3 Å². The first-order chi connectivity index (χ1) is 13.1. The molecule has 4 nitrogen and oxygen atoms in total. The molecule has 2 heterocycles. The molecule has 0 spiro atoms. The summed E-state index contributed by atoms with van der Waals surface area (Å²) in [5.41, 5.74) is 2.70. The van der Waals surface area contributed by atoms with Crippen molar-refractivity contribution in [3.05, 3.63) is 87.5 Å². The number of halogens is 1. The minimum Gasteiger partial charge on any atom is -0.327 e. The lowest BCUT2D eigenvalue weighted by Crippen LogP contribution is -3.06. The van der Waals surface area contributed by atoms with Crippen molar-refractivity contribution in [3.63, 3.8) is 0 Å². The third kappa shape index (κ3) is 3.82. The van der Waals surface area contributed by atoms with E-state index in [0.717, 1.165) is 17.7 Å². The van der Waals surface area contributed by atoms with Crippen LogP contribution in [-0.4, -0.2) is 17.0 Å². The van der Waals surface area contributed by atoms with Gasteiger partial charge in [-0.25, -0.2) is 9.37 Å². The van der Waals surface area contributed by atoms with Crippen LogP contribution in [0.3, 0.4) is 0 Å². The summed E-state index contributed by atoms with van der Waals surface area (Å²) in [5.74, 6) is 0.380. The van der Waals surface area contributed by atoms with E-state index in [2.05, 4.69) is 29.1 Å². The molecule has 0 saturated carbocycles. The first kappa shape index (κ1) is 17.6. The highest BCUT2D eigenvalue weighted by molar-refractivity contribution is 7.17. The number of nitrogens with zero attached hydrogens (tertiary/aromatic N) is 1. The van der Waals surface area contributed by atoms with Crippen molar-refractivity contribution in [2.45, 2.75) is 13.1 Å². The number of thiophene rings is 1. The maximum atomic E-state index is 13.2. The number of fused-ring (bicyclic) bond motifs is 1. The van der Waals surface area contributed by atoms with Crippen LogP contribution >= 0.6 is 11.3 Å². The van der Waals surface area contributed by atoms with Crippen LogP contribution in [0.5, 0.6) is 0 Å². The number of hydrogen-bond acceptors (Lipinski definition) is 3. The fourth-order valence-corrected chi connectivity index (χ4v) is 4.18. The molecule has 2 aromatic carbocycles. The van der Waals surface area contributed by atoms with Gasteiger partial charge >= 0.3 is 0 Å². The largest absolute Gasteiger partial charge is 0.327 e. The van der Waals surface area contributed by atoms with Gasteiger partial charge in [-0.1, -0.05) is 42.5 Å². The van der Waals surface area contributed by atoms with Gasteiger partial charge in [0.2, 0.25) is 0 Å². The molecule has 136 valence electrons. The highest BCUT2D eigenvalue weighted by atomic mass is 32.1. The Kier molecular flexibility index (Phi) is 4.83. The summed E-state index contributed by atoms with van der Waals surface area (Å²) < 4.78 is 13.2. The average Bonchev–Trinajstić information content (AvgIpc) is 3.07. The molecule has 1 unspecified atom stereocenters. The van der Waals surface area contributed by atoms with Crippen molar-refractivity contribution in [1.82, 2.24) is 9.97 Å². The zero-order valence-electron chi connectivity index (χ0n) is 14.8. The number of aromatic amines is 1. The Hall–Kier alpha value is -2.83. The van der Waals surface area contributed by atoms with Crippen LogP contribution < -0.4 is 10.5 Å². The summed E-state index contributed by atoms with van der Waals surface area (Å²) in [6.07, 6.45) is 0. The van der Waals surface area contributed by atoms with Crippen molar-refractivity contribution < 1.29 is 9.29 Å². The Balaban J connectivity index is 1.61. The standard InChI is InChI=1S/C21H18FN3OS/c1-25(11-14-5-3-2-4-6-14)12-18-23-20(26)19-17(13-27-21(19)24-18)15-7-9-16(22)10-8-15/h2-10,13H,11-12H2,1H3,(H,23,24,26)/p+1. The molecule has 0 aliphatic rings. The molecule has 2 N–H and O–H groups in total. The second-order valence-electron chi connectivity index (χ2n) is 6.65. The predicted octanol–water partition coefficient (Wildman–Crippen LogP) is 3.01. The maximum absolute atomic E-state index is 13.2. The normalized spacial score (nSPS) is 12.4. The molecule has 6 heteroatoms. The number of rotatable bonds is 5. The molecule has 27 heavy (non-hydrogen) atoms. The van der Waals surface area contributed by atoms with E-state index in [-0.39, 0.29) is 11.4 Å². The van der Waals surface area contributed by atoms with E-state index in [0.29, 0.717) is 22.6 Å². The number of benzene rings is 2. The van der Waals surface area contributed by atoms with Gasteiger partial charge in [-0.3, -0.25) is 4.79 Å². The monoisotopic (exact) mass is 380 g/mol. The molecule has 0 aliphatic carbocycles. The molecular formula is C21H19FN3OS+. The summed E-state index contributed by atoms with van der Waals surface area (Å²) in [4.78, 5) is 22.2. The van der Waals surface area contributed by atoms with E-state index < -0.39 is 0 Å². The van der Waals surface area contributed by atoms with E-state index in [4.69, 9.17) is 0 Å². The Morgan fingerprint density at radius 2 is 1.81 bits per heavy atom. The van der Waals surface area contributed by atoms with Crippen molar-refractivity contribution in [2.75, 3.05) is 7.05 Å². The second-order valence-corrected chi connectivity index (χ2v) is 7.50. The van der Waals surface area contributed by atoms with Crippen LogP contribution in [0.25, 0.3) is 21.3 Å². The average molecular weight is 380 g/mol. The van der Waals surface area contributed by atoms with Gasteiger partial charge in [-0.05, 0) is 17.7 Å². The van der Waals surface area contributed by atoms with Crippen molar-refractivity contribution in [3.8, 4) is 11.1 Å². The molecule has 0 aliphatic heterocycles. The number of aromatic nitrogens is 2. The molecule has 0 saturated heterocycles. The number of H-pyrrole nitrogens is 1. The smallest absolute Gasteiger partial charge is 0.260 e. The van der Waals surface area contributed by atoms with Crippen LogP contribution in [0.15, 0.2) is 64.8 Å². The quantitative estimate of drug-likeness (QED) is 0.559. The van der Waals surface area contributed by atoms with Gasteiger partial charge in [0, 0.05) is 16.5 Å². The second kappa shape index (κ2) is 7.42. The molecular weight excluding hydrogens is 361 g/mol. The zero-order chi connectivity index (χ0) is 18.8. The van der Waals surface area contributed by atoms with E-state index >= 15 is 0 Å². The van der Waals surface area contributed by atoms with E-state index in [1.807, 2.05) is 23.6 Å². The number of quaternary nitrogens is 1. The van der Waals surface area contributed by atoms with Crippen molar-refractivity contribution in [2.24, 2.45) is 0 Å². The van der Waals surface area contributed by atoms with Crippen LogP contribution in [0.4, 0.5) is 4.39 Å². The molecule has 4 aromatic rings. The van der Waals surface area contributed by atoms with E-state index in [1.54, 1.807) is 12.1 Å². The van der Waals surface area contributed by atoms with Crippen LogP contribution in [0.1, 0.15) is 11.4 Å². The van der Waals surface area contributed by atoms with Crippen molar-refractivity contribution in [1.29, 1.82) is 0 Å². The fourth-order valence-electron chi connectivity index (χ4n) is 3.21. The Morgan fingerprint density at radius 3 is 2.56 bits per heavy atom. The maximum Gasteiger partial charge on any atom is 0.260 e. The molecule has 0 bridgehead atoms. The summed E-state index contributed by atoms with van der Waals surface area (Å²) in [7, 11) is 2.08. The highest BCUT2D eigenvalue weighted by Gasteiger charge is 2.15. The van der Waals surface area contributed by atoms with Gasteiger partial charge in [0.25, 0.3) is 5.56 Å². The van der Waals surface area contributed by atoms with Crippen molar-refractivity contribution >= 4 is 21.6 Å². The molecule has 0 amide bonds. The van der Waals surface area contributed by atoms with Crippen LogP contribution in [0, 0.1) is 5.82 Å². The van der Waals surface area contributed by atoms with E-state index in [1.165, 1.54) is 33.9 Å². The first-order valence-electron chi connectivity index (χ1n) is 8.72. The predicted molar refractivity (Wildman–Crippen MR) is 106 cm³/mol. The Morgan fingerprint density at radius 1 is 1.07 bits per heavy atom. The van der Waals surface area contributed by atoms with Crippen LogP contribution in [0.2, 0.25) is 0 Å². The lowest BCUT2D eigenvalue weighted by molar-refractivity contribution is -0.908. The zero-order valence-corrected chi connectivity index (χ0v) is 15.6. The third-order valence-corrected chi connectivity index (χ3v) is 5.34. The van der Waals surface area contributed by atoms with Gasteiger partial charge in [0.15, 0.2) is 5.82 Å². The van der Waals surface area contributed by atoms with Gasteiger partial charge in [0.05, 0.1) is 12.4 Å². The third-order valence-electron chi connectivity index (χ3n) is 4.47. The van der Waals surface area contributed by atoms with Gasteiger partial charge in [-0.2, -0.15) is 0 Å². The lowest BCUT2D eigenvalue weighted by atomic mass is 10.1. The summed E-state index contributed by atoms with van der Waals surface area (Å²) in [5, 5.41) is 2.47. The summed E-state index contributed by atoms with van der Waals surface area (Å²) >= 11 is 1.44. The SMILES string of the molecule is C[NH+](Cc1ccccc1)Cc1nc2scc(-c3ccc(F)cc3)c2c(=O)[nH]1. The minimum absolute atomic E-state index is 0.150. The molecule has 0 fully saturated rings. The molecule has 4 rings (SSSR count). The first-order valence-corrected chi connectivity index (χ1v) is 9.59. The highest BCUT2D eigenvalue weighted by Crippen LogP contribution is 2.30. The number of hydrogen-bond donors (Lipinski definition) is 2. The number of nitrogens with one attached hydrogen (secondary N) is 2. The minimum atomic E-state index is -0.294. The van der Waals surface area contributed by atoms with Crippen LogP contribution in [-0.2, 0) is 13.1 Å².